The van der Waals surface area contributed by atoms with Crippen molar-refractivity contribution in [2.75, 3.05) is 13.2 Å². The van der Waals surface area contributed by atoms with Crippen molar-refractivity contribution >= 4 is 34.8 Å². The van der Waals surface area contributed by atoms with Crippen LogP contribution < -0.4 is 10.1 Å². The van der Waals surface area contributed by atoms with E-state index in [2.05, 4.69) is 0 Å². The smallest absolute Gasteiger partial charge is 0.416 e. The average Bonchev–Trinajstić information content (AvgIpc) is 3.57. The lowest BCUT2D eigenvalue weighted by atomic mass is 9.83. The van der Waals surface area contributed by atoms with Crippen molar-refractivity contribution in [1.82, 2.24) is 10.2 Å². The van der Waals surface area contributed by atoms with Gasteiger partial charge in [0.05, 0.1) is 22.6 Å². The lowest BCUT2D eigenvalue weighted by Crippen LogP contribution is -2.59. The molecule has 14 heteroatoms. The van der Waals surface area contributed by atoms with Gasteiger partial charge in [0.25, 0.3) is 11.8 Å². The Balaban J connectivity index is 1.58. The molecule has 1 aliphatic rings. The molecule has 2 aromatic carbocycles. The maximum absolute atomic E-state index is 15.1. The molecule has 1 aliphatic heterocycles. The number of carbonyl (C=O) groups is 4. The number of unbranched alkanes of at least 4 members (excludes halogenated alkanes) is 2. The zero-order valence-corrected chi connectivity index (χ0v) is 25.4. The molecule has 1 atom stereocenters. The van der Waals surface area contributed by atoms with E-state index in [1.165, 1.54) is 42.5 Å². The van der Waals surface area contributed by atoms with Crippen LogP contribution in [0.1, 0.15) is 79.9 Å². The fourth-order valence-electron chi connectivity index (χ4n) is 5.03. The molecule has 3 aromatic rings. The molecule has 4 rings (SSSR count). The van der Waals surface area contributed by atoms with Gasteiger partial charge in [0.1, 0.15) is 12.3 Å². The predicted octanol–water partition coefficient (Wildman–Crippen LogP) is 7.26. The minimum atomic E-state index is -5.23. The highest BCUT2D eigenvalue weighted by molar-refractivity contribution is 7.14. The lowest BCUT2D eigenvalue weighted by molar-refractivity contribution is -0.201. The molecule has 0 spiro atoms. The number of fused-ring (bicyclic) bond motifs is 1. The van der Waals surface area contributed by atoms with Crippen LogP contribution in [0.2, 0.25) is 0 Å². The molecule has 46 heavy (non-hydrogen) atoms. The number of thiophene rings is 1. The number of nitrogens with zero attached hydrogens (tertiary/aromatic N) is 1. The molecule has 0 aliphatic carbocycles. The van der Waals surface area contributed by atoms with Gasteiger partial charge in [0, 0.05) is 17.7 Å². The van der Waals surface area contributed by atoms with Crippen LogP contribution in [0.25, 0.3) is 0 Å². The Morgan fingerprint density at radius 3 is 2.02 bits per heavy atom. The molecular formula is C32H30F6N2O5S. The van der Waals surface area contributed by atoms with Gasteiger partial charge in [-0.25, -0.2) is 0 Å². The Kier molecular flexibility index (Phi) is 10.6. The summed E-state index contributed by atoms with van der Waals surface area (Å²) < 4.78 is 87.9. The van der Waals surface area contributed by atoms with Gasteiger partial charge in [-0.1, -0.05) is 31.2 Å². The molecule has 246 valence electrons. The Morgan fingerprint density at radius 2 is 1.48 bits per heavy atom. The lowest BCUT2D eigenvalue weighted by Gasteiger charge is -2.37. The summed E-state index contributed by atoms with van der Waals surface area (Å²) in [4.78, 5) is 53.5. The molecule has 0 unspecified atom stereocenters. The Bertz CT molecular complexity index is 1550. The Labute approximate surface area is 264 Å². The molecule has 0 bridgehead atoms. The molecular weight excluding hydrogens is 638 g/mol. The number of rotatable bonds is 14. The van der Waals surface area contributed by atoms with Crippen molar-refractivity contribution in [2.45, 2.75) is 63.3 Å². The van der Waals surface area contributed by atoms with E-state index in [0.717, 1.165) is 28.3 Å². The van der Waals surface area contributed by atoms with E-state index in [1.807, 2.05) is 12.2 Å². The molecule has 0 saturated heterocycles. The first-order chi connectivity index (χ1) is 21.6. The maximum atomic E-state index is 15.1. The third kappa shape index (κ3) is 7.95. The summed E-state index contributed by atoms with van der Waals surface area (Å²) in [6.07, 6.45) is -10.6. The van der Waals surface area contributed by atoms with Crippen LogP contribution in [0.15, 0.2) is 60.7 Å². The fourth-order valence-corrected chi connectivity index (χ4v) is 5.92. The molecule has 0 radical (unpaired) electrons. The van der Waals surface area contributed by atoms with E-state index >= 15 is 13.2 Å². The van der Waals surface area contributed by atoms with Crippen molar-refractivity contribution in [2.24, 2.45) is 0 Å². The number of benzene rings is 2. The number of imide groups is 1. The van der Waals surface area contributed by atoms with Crippen molar-refractivity contribution in [3.05, 3.63) is 87.1 Å². The molecule has 3 amide bonds. The van der Waals surface area contributed by atoms with Crippen LogP contribution >= 0.6 is 11.3 Å². The molecule has 7 nitrogen and oxygen atoms in total. The number of halogens is 6. The van der Waals surface area contributed by atoms with Crippen LogP contribution in [-0.2, 0) is 16.8 Å². The number of ether oxygens (including phenoxy) is 1. The number of alkyl halides is 6. The van der Waals surface area contributed by atoms with Crippen molar-refractivity contribution in [3.63, 3.8) is 0 Å². The number of carbonyl (C=O) groups excluding carboxylic acids is 4. The van der Waals surface area contributed by atoms with E-state index in [1.54, 1.807) is 6.07 Å². The zero-order valence-electron chi connectivity index (χ0n) is 24.6. The SMILES string of the molecule is CCc1ccc(C(=O)C[C@](NC(=O)CN2C(=O)c3ccccc3C2=O)(c2ccc(OCCCCCC(F)(F)F)cc2)C(F)(F)F)s1. The third-order valence-corrected chi connectivity index (χ3v) is 8.72. The summed E-state index contributed by atoms with van der Waals surface area (Å²) in [6, 6.07) is 13.3. The monoisotopic (exact) mass is 668 g/mol. The van der Waals surface area contributed by atoms with Gasteiger partial charge in [0.15, 0.2) is 11.3 Å². The second-order valence-electron chi connectivity index (χ2n) is 10.7. The molecule has 1 aromatic heterocycles. The maximum Gasteiger partial charge on any atom is 0.416 e. The highest BCUT2D eigenvalue weighted by Crippen LogP contribution is 2.43. The first-order valence-corrected chi connectivity index (χ1v) is 15.2. The zero-order chi connectivity index (χ0) is 33.7. The molecule has 0 fully saturated rings. The summed E-state index contributed by atoms with van der Waals surface area (Å²) in [5.74, 6) is -3.75. The van der Waals surface area contributed by atoms with Gasteiger partial charge in [-0.3, -0.25) is 24.1 Å². The second-order valence-corrected chi connectivity index (χ2v) is 11.9. The normalized spacial score (nSPS) is 14.6. The van der Waals surface area contributed by atoms with Gasteiger partial charge in [-0.05, 0) is 67.6 Å². The number of ketones is 1. The topological polar surface area (TPSA) is 92.8 Å². The number of aryl methyl sites for hydroxylation is 1. The number of amides is 3. The summed E-state index contributed by atoms with van der Waals surface area (Å²) in [5.41, 5.74) is -3.74. The second kappa shape index (κ2) is 14.1. The highest BCUT2D eigenvalue weighted by Gasteiger charge is 2.58. The number of Topliss-reactive ketones (excluding diaryl/α,β-unsaturated/α-hetero) is 1. The van der Waals surface area contributed by atoms with E-state index in [4.69, 9.17) is 4.74 Å². The minimum absolute atomic E-state index is 0.0120. The molecule has 1 N–H and O–H groups in total. The van der Waals surface area contributed by atoms with Gasteiger partial charge in [-0.15, -0.1) is 11.3 Å². The van der Waals surface area contributed by atoms with Crippen molar-refractivity contribution in [1.29, 1.82) is 0 Å². The predicted molar refractivity (Wildman–Crippen MR) is 157 cm³/mol. The van der Waals surface area contributed by atoms with Crippen LogP contribution in [-0.4, -0.2) is 53.9 Å². The van der Waals surface area contributed by atoms with Gasteiger partial charge in [-0.2, -0.15) is 26.3 Å². The summed E-state index contributed by atoms with van der Waals surface area (Å²) in [7, 11) is 0. The van der Waals surface area contributed by atoms with Crippen molar-refractivity contribution < 1.29 is 50.3 Å². The largest absolute Gasteiger partial charge is 0.494 e. The molecule has 2 heterocycles. The Hall–Kier alpha value is -4.20. The standard InChI is InChI=1S/C32H30F6N2O5S/c1-2-22-14-15-26(46-22)25(41)18-30(32(36,37)38,20-10-12-21(13-11-20)45-17-7-3-6-16-31(33,34)35)39-27(42)19-40-28(43)23-8-4-5-9-24(23)29(40)44/h4-5,8-15H,2-3,6-7,16-19H2,1H3,(H,39,42)/t30-/m0/s1. The quantitative estimate of drug-likeness (QED) is 0.0846. The van der Waals surface area contributed by atoms with Crippen molar-refractivity contribution in [3.8, 4) is 5.75 Å². The van der Waals surface area contributed by atoms with Crippen LogP contribution in [0, 0.1) is 0 Å². The first kappa shape index (κ1) is 34.7. The van der Waals surface area contributed by atoms with Gasteiger partial charge in [0.2, 0.25) is 5.91 Å². The third-order valence-electron chi connectivity index (χ3n) is 7.45. The van der Waals surface area contributed by atoms with E-state index in [-0.39, 0.29) is 47.6 Å². The first-order valence-electron chi connectivity index (χ1n) is 14.4. The van der Waals surface area contributed by atoms with Gasteiger partial charge >= 0.3 is 12.4 Å². The van der Waals surface area contributed by atoms with E-state index in [9.17, 15) is 32.3 Å². The van der Waals surface area contributed by atoms with E-state index in [0.29, 0.717) is 11.3 Å². The molecule has 0 saturated carbocycles. The summed E-state index contributed by atoms with van der Waals surface area (Å²) >= 11 is 1.03. The Morgan fingerprint density at radius 1 is 0.848 bits per heavy atom. The van der Waals surface area contributed by atoms with Gasteiger partial charge < -0.3 is 10.1 Å². The highest BCUT2D eigenvalue weighted by atomic mass is 32.1. The summed E-state index contributed by atoms with van der Waals surface area (Å²) in [5, 5.41) is 1.94. The van der Waals surface area contributed by atoms with Crippen LogP contribution in [0.5, 0.6) is 5.75 Å². The van der Waals surface area contributed by atoms with Crippen LogP contribution in [0.4, 0.5) is 26.3 Å². The fraction of sp³-hybridized carbons (Fsp3) is 0.375. The number of hydrogen-bond donors (Lipinski definition) is 1. The number of hydrogen-bond acceptors (Lipinski definition) is 6. The van der Waals surface area contributed by atoms with E-state index < -0.39 is 66.3 Å². The summed E-state index contributed by atoms with van der Waals surface area (Å²) in [6.45, 7) is 0.827. The minimum Gasteiger partial charge on any atom is -0.494 e. The van der Waals surface area contributed by atoms with Crippen LogP contribution in [0.3, 0.4) is 0 Å². The number of nitrogens with one attached hydrogen (secondary N) is 1. The average molecular weight is 669 g/mol.